The topological polar surface area (TPSA) is 75.3 Å². The van der Waals surface area contributed by atoms with E-state index < -0.39 is 5.97 Å². The van der Waals surface area contributed by atoms with Crippen molar-refractivity contribution in [3.05, 3.63) is 65.5 Å². The first-order valence-electron chi connectivity index (χ1n) is 6.56. The normalized spacial score (nSPS) is 10.9. The summed E-state index contributed by atoms with van der Waals surface area (Å²) in [6.45, 7) is 0.310. The molecule has 106 valence electrons. The predicted molar refractivity (Wildman–Crippen MR) is 78.2 cm³/mol. The number of rotatable bonds is 4. The average molecular weight is 282 g/mol. The highest BCUT2D eigenvalue weighted by Crippen LogP contribution is 2.18. The van der Waals surface area contributed by atoms with Crippen molar-refractivity contribution in [1.82, 2.24) is 9.55 Å². The van der Waals surface area contributed by atoms with Crippen LogP contribution in [0.4, 0.5) is 0 Å². The fourth-order valence-corrected chi connectivity index (χ4v) is 2.41. The molecular formula is C16H14N2O3. The first-order valence-corrected chi connectivity index (χ1v) is 6.56. The lowest BCUT2D eigenvalue weighted by molar-refractivity contribution is 0.0696. The molecule has 1 aromatic heterocycles. The lowest BCUT2D eigenvalue weighted by Gasteiger charge is -2.08. The number of para-hydroxylation sites is 2. The lowest BCUT2D eigenvalue weighted by Crippen LogP contribution is -2.06. The van der Waals surface area contributed by atoms with Crippen LogP contribution in [0.2, 0.25) is 0 Å². The summed E-state index contributed by atoms with van der Waals surface area (Å²) in [6.07, 6.45) is 0. The number of hydrogen-bond donors (Lipinski definition) is 2. The van der Waals surface area contributed by atoms with Crippen molar-refractivity contribution in [2.75, 3.05) is 0 Å². The molecule has 0 saturated heterocycles. The molecule has 0 saturated carbocycles. The van der Waals surface area contributed by atoms with Gasteiger partial charge in [0.05, 0.1) is 16.6 Å². The number of carboxylic acids is 1. The van der Waals surface area contributed by atoms with Crippen LogP contribution in [0, 0.1) is 0 Å². The average Bonchev–Trinajstić information content (AvgIpc) is 2.86. The third-order valence-corrected chi connectivity index (χ3v) is 3.39. The smallest absolute Gasteiger partial charge is 0.335 e. The fourth-order valence-electron chi connectivity index (χ4n) is 2.41. The van der Waals surface area contributed by atoms with Gasteiger partial charge in [-0.25, -0.2) is 9.78 Å². The molecular weight excluding hydrogens is 268 g/mol. The first kappa shape index (κ1) is 13.3. The highest BCUT2D eigenvalue weighted by atomic mass is 16.4. The third kappa shape index (κ3) is 2.51. The zero-order valence-corrected chi connectivity index (χ0v) is 11.2. The number of aliphatic hydroxyl groups is 1. The predicted octanol–water partition coefficient (Wildman–Crippen LogP) is 2.28. The summed E-state index contributed by atoms with van der Waals surface area (Å²) in [7, 11) is 0. The van der Waals surface area contributed by atoms with Gasteiger partial charge in [-0.3, -0.25) is 0 Å². The summed E-state index contributed by atoms with van der Waals surface area (Å²) in [5, 5.41) is 18.5. The molecule has 3 rings (SSSR count). The molecule has 0 bridgehead atoms. The van der Waals surface area contributed by atoms with E-state index in [0.717, 1.165) is 16.6 Å². The summed E-state index contributed by atoms with van der Waals surface area (Å²) >= 11 is 0. The minimum atomic E-state index is -0.949. The molecule has 3 aromatic rings. The number of nitrogens with zero attached hydrogens (tertiary/aromatic N) is 2. The van der Waals surface area contributed by atoms with Gasteiger partial charge < -0.3 is 14.8 Å². The van der Waals surface area contributed by atoms with E-state index in [9.17, 15) is 9.90 Å². The Balaban J connectivity index is 2.05. The van der Waals surface area contributed by atoms with E-state index in [0.29, 0.717) is 12.4 Å². The molecule has 0 amide bonds. The molecule has 2 N–H and O–H groups in total. The quantitative estimate of drug-likeness (QED) is 0.769. The van der Waals surface area contributed by atoms with Crippen LogP contribution in [-0.2, 0) is 13.2 Å². The molecule has 2 aromatic carbocycles. The Kier molecular flexibility index (Phi) is 3.41. The van der Waals surface area contributed by atoms with Gasteiger partial charge in [0.1, 0.15) is 12.4 Å². The number of aromatic nitrogens is 2. The van der Waals surface area contributed by atoms with Crippen LogP contribution in [0.3, 0.4) is 0 Å². The maximum Gasteiger partial charge on any atom is 0.335 e. The van der Waals surface area contributed by atoms with Crippen molar-refractivity contribution >= 4 is 17.0 Å². The zero-order valence-electron chi connectivity index (χ0n) is 11.2. The Morgan fingerprint density at radius 2 is 1.95 bits per heavy atom. The van der Waals surface area contributed by atoms with Gasteiger partial charge in [0, 0.05) is 6.54 Å². The van der Waals surface area contributed by atoms with Gasteiger partial charge in [-0.1, -0.05) is 24.3 Å². The summed E-state index contributed by atoms with van der Waals surface area (Å²) < 4.78 is 1.90. The van der Waals surface area contributed by atoms with Crippen LogP contribution >= 0.6 is 0 Å². The Hall–Kier alpha value is -2.66. The minimum Gasteiger partial charge on any atom is -0.478 e. The van der Waals surface area contributed by atoms with E-state index in [-0.39, 0.29) is 12.2 Å². The van der Waals surface area contributed by atoms with E-state index in [1.807, 2.05) is 34.9 Å². The van der Waals surface area contributed by atoms with E-state index in [1.165, 1.54) is 0 Å². The van der Waals surface area contributed by atoms with Crippen LogP contribution in [0.15, 0.2) is 48.5 Å². The number of carboxylic acid groups (broad SMARTS) is 1. The molecule has 1 heterocycles. The maximum absolute atomic E-state index is 11.0. The van der Waals surface area contributed by atoms with Crippen LogP contribution in [0.1, 0.15) is 21.7 Å². The molecule has 0 aliphatic carbocycles. The van der Waals surface area contributed by atoms with E-state index in [2.05, 4.69) is 4.98 Å². The molecule has 0 unspecified atom stereocenters. The monoisotopic (exact) mass is 282 g/mol. The standard InChI is InChI=1S/C16H14N2O3/c19-10-15-17-13-6-1-2-7-14(13)18(15)9-11-4-3-5-12(8-11)16(20)21/h1-8,19H,9-10H2,(H,20,21). The van der Waals surface area contributed by atoms with Crippen molar-refractivity contribution in [2.24, 2.45) is 0 Å². The maximum atomic E-state index is 11.0. The van der Waals surface area contributed by atoms with Gasteiger partial charge in [0.25, 0.3) is 0 Å². The third-order valence-electron chi connectivity index (χ3n) is 3.39. The molecule has 0 atom stereocenters. The summed E-state index contributed by atoms with van der Waals surface area (Å²) in [5.74, 6) is -0.383. The Morgan fingerprint density at radius 3 is 2.71 bits per heavy atom. The molecule has 0 aliphatic rings. The number of fused-ring (bicyclic) bond motifs is 1. The Labute approximate surface area is 121 Å². The van der Waals surface area contributed by atoms with E-state index in [1.54, 1.807) is 18.2 Å². The van der Waals surface area contributed by atoms with Gasteiger partial charge >= 0.3 is 5.97 Å². The van der Waals surface area contributed by atoms with Gasteiger partial charge in [-0.15, -0.1) is 0 Å². The van der Waals surface area contributed by atoms with Crippen molar-refractivity contribution in [3.8, 4) is 0 Å². The fraction of sp³-hybridized carbons (Fsp3) is 0.125. The second kappa shape index (κ2) is 5.38. The van der Waals surface area contributed by atoms with Gasteiger partial charge in [-0.05, 0) is 29.8 Å². The van der Waals surface area contributed by atoms with Gasteiger partial charge in [0.15, 0.2) is 0 Å². The molecule has 5 heteroatoms. The van der Waals surface area contributed by atoms with E-state index >= 15 is 0 Å². The summed E-state index contributed by atoms with van der Waals surface area (Å²) in [4.78, 5) is 15.4. The number of hydrogen-bond acceptors (Lipinski definition) is 3. The molecule has 0 fully saturated rings. The number of aromatic carboxylic acids is 1. The highest BCUT2D eigenvalue weighted by molar-refractivity contribution is 5.87. The van der Waals surface area contributed by atoms with E-state index in [4.69, 9.17) is 5.11 Å². The molecule has 0 aliphatic heterocycles. The number of benzene rings is 2. The minimum absolute atomic E-state index is 0.159. The van der Waals surface area contributed by atoms with Crippen molar-refractivity contribution in [1.29, 1.82) is 0 Å². The summed E-state index contributed by atoms with van der Waals surface area (Å²) in [6, 6.07) is 14.4. The van der Waals surface area contributed by atoms with Crippen LogP contribution in [0.5, 0.6) is 0 Å². The first-order chi connectivity index (χ1) is 10.2. The van der Waals surface area contributed by atoms with Gasteiger partial charge in [0.2, 0.25) is 0 Å². The number of imidazole rings is 1. The lowest BCUT2D eigenvalue weighted by atomic mass is 10.1. The zero-order chi connectivity index (χ0) is 14.8. The van der Waals surface area contributed by atoms with Gasteiger partial charge in [-0.2, -0.15) is 0 Å². The van der Waals surface area contributed by atoms with Crippen LogP contribution < -0.4 is 0 Å². The van der Waals surface area contributed by atoms with Crippen molar-refractivity contribution in [2.45, 2.75) is 13.2 Å². The number of aliphatic hydroxyl groups excluding tert-OH is 1. The van der Waals surface area contributed by atoms with Crippen LogP contribution in [0.25, 0.3) is 11.0 Å². The molecule has 5 nitrogen and oxygen atoms in total. The Morgan fingerprint density at radius 1 is 1.14 bits per heavy atom. The number of carbonyl (C=O) groups is 1. The molecule has 0 spiro atoms. The molecule has 0 radical (unpaired) electrons. The van der Waals surface area contributed by atoms with Crippen molar-refractivity contribution in [3.63, 3.8) is 0 Å². The van der Waals surface area contributed by atoms with Crippen LogP contribution in [-0.4, -0.2) is 25.7 Å². The highest BCUT2D eigenvalue weighted by Gasteiger charge is 2.11. The second-order valence-corrected chi connectivity index (χ2v) is 4.77. The largest absolute Gasteiger partial charge is 0.478 e. The SMILES string of the molecule is O=C(O)c1cccc(Cn2c(CO)nc3ccccc32)c1. The summed E-state index contributed by atoms with van der Waals surface area (Å²) in [5.41, 5.74) is 2.84. The van der Waals surface area contributed by atoms with Crippen molar-refractivity contribution < 1.29 is 15.0 Å². The Bertz CT molecular complexity index is 808. The molecule has 21 heavy (non-hydrogen) atoms. The second-order valence-electron chi connectivity index (χ2n) is 4.77.